The first-order valence-electron chi connectivity index (χ1n) is 21.1. The number of carbonyl (C=O) groups excluding carboxylic acids is 1. The van der Waals surface area contributed by atoms with Crippen LogP contribution in [0.5, 0.6) is 0 Å². The summed E-state index contributed by atoms with van der Waals surface area (Å²) in [5.74, 6) is -0.209. The Morgan fingerprint density at radius 3 is 1.61 bits per heavy atom. The van der Waals surface area contributed by atoms with Crippen LogP contribution in [0.3, 0.4) is 0 Å². The minimum Gasteiger partial charge on any atom is -0.387 e. The maximum atomic E-state index is 12.7. The van der Waals surface area contributed by atoms with Gasteiger partial charge in [-0.15, -0.1) is 0 Å². The van der Waals surface area contributed by atoms with E-state index in [1.807, 2.05) is 6.08 Å². The van der Waals surface area contributed by atoms with Crippen molar-refractivity contribution in [1.82, 2.24) is 5.32 Å². The zero-order valence-corrected chi connectivity index (χ0v) is 34.0. The van der Waals surface area contributed by atoms with E-state index in [0.29, 0.717) is 6.42 Å². The summed E-state index contributed by atoms with van der Waals surface area (Å²) in [6.07, 6.45) is 44.7. The summed E-state index contributed by atoms with van der Waals surface area (Å²) in [6.45, 7) is 4.08. The number of rotatable bonds is 39. The fraction of sp³-hybridized carbons (Fsp3) is 0.833. The molecule has 0 saturated carbocycles. The topological polar surface area (TPSA) is 131 Å². The number of aliphatic hydroxyl groups is 1. The Balaban J connectivity index is 4.25. The highest BCUT2D eigenvalue weighted by Crippen LogP contribution is 2.43. The lowest BCUT2D eigenvalue weighted by atomic mass is 10.0. The molecule has 0 aliphatic rings. The van der Waals surface area contributed by atoms with Crippen LogP contribution in [0.15, 0.2) is 36.5 Å². The summed E-state index contributed by atoms with van der Waals surface area (Å²) in [4.78, 5) is 22.6. The summed E-state index contributed by atoms with van der Waals surface area (Å²) in [6, 6.07) is -0.866. The predicted octanol–water partition coefficient (Wildman–Crippen LogP) is 11.6. The van der Waals surface area contributed by atoms with Gasteiger partial charge in [0, 0.05) is 13.0 Å². The highest BCUT2D eigenvalue weighted by Gasteiger charge is 2.26. The number of hydrogen-bond donors (Lipinski definition) is 4. The molecule has 0 heterocycles. The monoisotopic (exact) mass is 741 g/mol. The molecule has 0 radical (unpaired) electrons. The van der Waals surface area contributed by atoms with Gasteiger partial charge in [-0.2, -0.15) is 0 Å². The number of nitrogens with one attached hydrogen (secondary N) is 1. The van der Waals surface area contributed by atoms with Crippen molar-refractivity contribution in [2.75, 3.05) is 19.8 Å². The third-order valence-corrected chi connectivity index (χ3v) is 10.2. The van der Waals surface area contributed by atoms with Gasteiger partial charge in [0.15, 0.2) is 0 Å². The Hall–Kier alpha value is -1.28. The Bertz CT molecular complexity index is 897. The highest BCUT2D eigenvalue weighted by molar-refractivity contribution is 7.47. The number of allylic oxidation sites excluding steroid dienone is 5. The van der Waals surface area contributed by atoms with Gasteiger partial charge in [0.1, 0.15) is 0 Å². The molecule has 0 aromatic rings. The van der Waals surface area contributed by atoms with E-state index in [1.165, 1.54) is 109 Å². The molecule has 300 valence electrons. The third-order valence-electron chi connectivity index (χ3n) is 9.21. The van der Waals surface area contributed by atoms with Gasteiger partial charge in [-0.05, 0) is 44.9 Å². The normalized spacial score (nSPS) is 14.5. The number of unbranched alkanes of at least 4 members (excludes halogenated alkanes) is 23. The van der Waals surface area contributed by atoms with Crippen LogP contribution in [0.4, 0.5) is 0 Å². The molecule has 0 saturated heterocycles. The Morgan fingerprint density at radius 1 is 0.647 bits per heavy atom. The Morgan fingerprint density at radius 2 is 1.10 bits per heavy atom. The molecular weight excluding hydrogens is 659 g/mol. The minimum atomic E-state index is -4.34. The van der Waals surface area contributed by atoms with Gasteiger partial charge in [0.25, 0.3) is 0 Å². The molecule has 51 heavy (non-hydrogen) atoms. The second-order valence-corrected chi connectivity index (χ2v) is 15.7. The molecule has 0 aliphatic carbocycles. The zero-order valence-electron chi connectivity index (χ0n) is 33.1. The van der Waals surface area contributed by atoms with Crippen molar-refractivity contribution in [3.8, 4) is 0 Å². The fourth-order valence-corrected chi connectivity index (χ4v) is 6.73. The van der Waals surface area contributed by atoms with Gasteiger partial charge < -0.3 is 21.1 Å². The van der Waals surface area contributed by atoms with E-state index in [2.05, 4.69) is 43.5 Å². The van der Waals surface area contributed by atoms with E-state index < -0.39 is 20.0 Å². The largest absolute Gasteiger partial charge is 0.472 e. The second-order valence-electron chi connectivity index (χ2n) is 14.2. The van der Waals surface area contributed by atoms with Crippen LogP contribution >= 0.6 is 7.82 Å². The molecule has 5 N–H and O–H groups in total. The Labute approximate surface area is 314 Å². The second kappa shape index (κ2) is 38.4. The molecule has 8 nitrogen and oxygen atoms in total. The van der Waals surface area contributed by atoms with Gasteiger partial charge >= 0.3 is 7.82 Å². The van der Waals surface area contributed by atoms with Crippen molar-refractivity contribution >= 4 is 13.7 Å². The molecule has 0 aromatic heterocycles. The van der Waals surface area contributed by atoms with E-state index in [4.69, 9.17) is 14.8 Å². The summed E-state index contributed by atoms with van der Waals surface area (Å²) in [5.41, 5.74) is 5.37. The molecule has 0 spiro atoms. The van der Waals surface area contributed by atoms with E-state index in [-0.39, 0.29) is 25.7 Å². The first-order valence-corrected chi connectivity index (χ1v) is 22.6. The van der Waals surface area contributed by atoms with Gasteiger partial charge in [-0.3, -0.25) is 13.8 Å². The first kappa shape index (κ1) is 49.7. The molecule has 0 aliphatic heterocycles. The van der Waals surface area contributed by atoms with Crippen LogP contribution in [0.2, 0.25) is 0 Å². The number of nitrogens with two attached hydrogens (primary N) is 1. The standard InChI is InChI=1S/C42H81N2O6P/c1-3-5-7-9-11-13-15-17-19-20-21-22-23-25-27-29-31-33-35-41(45)40(39-50-51(47,48)49-38-37-43)44-42(46)36-34-32-30-28-26-24-18-16-14-12-10-8-6-4-2/h10,12,16,18,33,35,40-41,45H,3-9,11,13-15,17,19-32,34,36-39,43H2,1-2H3,(H,44,46)(H,47,48)/b12-10-,18-16-,35-33+. The van der Waals surface area contributed by atoms with Gasteiger partial charge in [0.05, 0.1) is 25.4 Å². The molecule has 9 heteroatoms. The number of phosphoric acid groups is 1. The van der Waals surface area contributed by atoms with Gasteiger partial charge in [-0.25, -0.2) is 4.57 Å². The number of aliphatic hydroxyl groups excluding tert-OH is 1. The molecular formula is C42H81N2O6P. The molecule has 0 rings (SSSR count). The highest BCUT2D eigenvalue weighted by atomic mass is 31.2. The molecule has 3 atom stereocenters. The van der Waals surface area contributed by atoms with Crippen LogP contribution in [0.25, 0.3) is 0 Å². The van der Waals surface area contributed by atoms with Crippen LogP contribution < -0.4 is 11.1 Å². The molecule has 0 fully saturated rings. The van der Waals surface area contributed by atoms with Crippen LogP contribution in [-0.4, -0.2) is 47.8 Å². The summed E-state index contributed by atoms with van der Waals surface area (Å²) < 4.78 is 22.1. The van der Waals surface area contributed by atoms with E-state index >= 15 is 0 Å². The summed E-state index contributed by atoms with van der Waals surface area (Å²) in [7, 11) is -4.34. The maximum Gasteiger partial charge on any atom is 0.472 e. The van der Waals surface area contributed by atoms with Gasteiger partial charge in [-0.1, -0.05) is 179 Å². The van der Waals surface area contributed by atoms with Crippen LogP contribution in [0, 0.1) is 0 Å². The zero-order chi connectivity index (χ0) is 37.5. The lowest BCUT2D eigenvalue weighted by Crippen LogP contribution is -2.45. The number of amides is 1. The van der Waals surface area contributed by atoms with Crippen molar-refractivity contribution in [3.05, 3.63) is 36.5 Å². The molecule has 0 aromatic carbocycles. The van der Waals surface area contributed by atoms with Crippen molar-refractivity contribution in [3.63, 3.8) is 0 Å². The number of phosphoric ester groups is 1. The summed E-state index contributed by atoms with van der Waals surface area (Å²) in [5, 5.41) is 13.6. The van der Waals surface area contributed by atoms with Crippen molar-refractivity contribution in [1.29, 1.82) is 0 Å². The minimum absolute atomic E-state index is 0.0757. The van der Waals surface area contributed by atoms with Crippen LogP contribution in [-0.2, 0) is 18.4 Å². The van der Waals surface area contributed by atoms with Crippen LogP contribution in [0.1, 0.15) is 194 Å². The summed E-state index contributed by atoms with van der Waals surface area (Å²) >= 11 is 0. The Kier molecular flexibility index (Phi) is 37.5. The quantitative estimate of drug-likeness (QED) is 0.0280. The lowest BCUT2D eigenvalue weighted by molar-refractivity contribution is -0.123. The SMILES string of the molecule is CCCC/C=C\C/C=C\CCCCCCCC(=O)NC(COP(=O)(O)OCCN)C(O)/C=C/CCCCCCCCCCCCCCCCCC. The van der Waals surface area contributed by atoms with Gasteiger partial charge in [0.2, 0.25) is 5.91 Å². The van der Waals surface area contributed by atoms with Crippen molar-refractivity contribution < 1.29 is 28.4 Å². The molecule has 1 amide bonds. The molecule has 3 unspecified atom stereocenters. The molecule has 0 bridgehead atoms. The van der Waals surface area contributed by atoms with Crippen molar-refractivity contribution in [2.24, 2.45) is 5.73 Å². The van der Waals surface area contributed by atoms with Crippen molar-refractivity contribution in [2.45, 2.75) is 206 Å². The first-order chi connectivity index (χ1) is 24.9. The average molecular weight is 741 g/mol. The predicted molar refractivity (Wildman–Crippen MR) is 217 cm³/mol. The number of carbonyl (C=O) groups is 1. The smallest absolute Gasteiger partial charge is 0.387 e. The maximum absolute atomic E-state index is 12.7. The lowest BCUT2D eigenvalue weighted by Gasteiger charge is -2.23. The third kappa shape index (κ3) is 36.9. The number of hydrogen-bond acceptors (Lipinski definition) is 6. The van der Waals surface area contributed by atoms with E-state index in [9.17, 15) is 19.4 Å². The average Bonchev–Trinajstić information content (AvgIpc) is 3.12. The van der Waals surface area contributed by atoms with E-state index in [1.54, 1.807) is 6.08 Å². The van der Waals surface area contributed by atoms with E-state index in [0.717, 1.165) is 64.2 Å². The fourth-order valence-electron chi connectivity index (χ4n) is 5.97.